The Bertz CT molecular complexity index is 1130. The maximum Gasteiger partial charge on any atom is 0.221 e. The molecule has 0 aliphatic carbocycles. The fourth-order valence-electron chi connectivity index (χ4n) is 2.96. The van der Waals surface area contributed by atoms with Crippen molar-refractivity contribution in [2.75, 3.05) is 5.32 Å². The van der Waals surface area contributed by atoms with Crippen LogP contribution in [0.1, 0.15) is 22.8 Å². The van der Waals surface area contributed by atoms with Gasteiger partial charge in [-0.3, -0.25) is 9.59 Å². The molecular formula is C22H17N3O2. The molecule has 5 nitrogen and oxygen atoms in total. The molecule has 4 rings (SSSR count). The lowest BCUT2D eigenvalue weighted by Crippen LogP contribution is -2.05. The van der Waals surface area contributed by atoms with Gasteiger partial charge in [-0.15, -0.1) is 0 Å². The molecular weight excluding hydrogens is 338 g/mol. The van der Waals surface area contributed by atoms with Crippen molar-refractivity contribution in [3.63, 3.8) is 0 Å². The minimum absolute atomic E-state index is 0.0201. The van der Waals surface area contributed by atoms with Gasteiger partial charge in [-0.2, -0.15) is 0 Å². The first-order valence-corrected chi connectivity index (χ1v) is 8.58. The van der Waals surface area contributed by atoms with Gasteiger partial charge in [-0.1, -0.05) is 30.3 Å². The molecule has 2 N–H and O–H groups in total. The number of aromatic amines is 1. The summed E-state index contributed by atoms with van der Waals surface area (Å²) in [4.78, 5) is 31.6. The van der Waals surface area contributed by atoms with E-state index in [0.29, 0.717) is 17.0 Å². The van der Waals surface area contributed by atoms with Crippen molar-refractivity contribution in [1.82, 2.24) is 9.97 Å². The van der Waals surface area contributed by atoms with Gasteiger partial charge in [0.25, 0.3) is 0 Å². The number of carbonyl (C=O) groups excluding carboxylic acids is 2. The Balaban J connectivity index is 1.65. The van der Waals surface area contributed by atoms with Gasteiger partial charge in [0.1, 0.15) is 5.82 Å². The largest absolute Gasteiger partial charge is 0.338 e. The van der Waals surface area contributed by atoms with Crippen molar-refractivity contribution >= 4 is 28.4 Å². The van der Waals surface area contributed by atoms with Crippen LogP contribution in [0, 0.1) is 0 Å². The summed E-state index contributed by atoms with van der Waals surface area (Å²) in [5.41, 5.74) is 4.50. The van der Waals surface area contributed by atoms with Crippen LogP contribution in [0.2, 0.25) is 0 Å². The minimum atomic E-state index is -0.109. The SMILES string of the molecule is CC(=O)Nc1ccc(-c2nc3ccc(C(=O)c4ccccc4)cc3[nH]2)cc1. The van der Waals surface area contributed by atoms with Crippen LogP contribution < -0.4 is 5.32 Å². The normalized spacial score (nSPS) is 10.7. The molecule has 0 radical (unpaired) electrons. The first-order chi connectivity index (χ1) is 13.1. The highest BCUT2D eigenvalue weighted by molar-refractivity contribution is 6.10. The van der Waals surface area contributed by atoms with Crippen LogP contribution in [-0.2, 0) is 4.79 Å². The predicted octanol–water partition coefficient (Wildman–Crippen LogP) is 4.42. The smallest absolute Gasteiger partial charge is 0.221 e. The number of rotatable bonds is 4. The highest BCUT2D eigenvalue weighted by atomic mass is 16.1. The third kappa shape index (κ3) is 3.48. The van der Waals surface area contributed by atoms with Crippen LogP contribution in [-0.4, -0.2) is 21.7 Å². The summed E-state index contributed by atoms with van der Waals surface area (Å²) in [5, 5.41) is 2.74. The zero-order valence-corrected chi connectivity index (χ0v) is 14.7. The van der Waals surface area contributed by atoms with Gasteiger partial charge >= 0.3 is 0 Å². The van der Waals surface area contributed by atoms with E-state index >= 15 is 0 Å². The van der Waals surface area contributed by atoms with Crippen LogP contribution in [0.25, 0.3) is 22.4 Å². The van der Waals surface area contributed by atoms with Crippen molar-refractivity contribution in [1.29, 1.82) is 0 Å². The predicted molar refractivity (Wildman–Crippen MR) is 106 cm³/mol. The summed E-state index contributed by atoms with van der Waals surface area (Å²) in [6, 6.07) is 22.1. The highest BCUT2D eigenvalue weighted by Gasteiger charge is 2.11. The van der Waals surface area contributed by atoms with E-state index in [-0.39, 0.29) is 11.7 Å². The second-order valence-electron chi connectivity index (χ2n) is 6.27. The topological polar surface area (TPSA) is 74.8 Å². The number of nitrogens with one attached hydrogen (secondary N) is 2. The molecule has 5 heteroatoms. The van der Waals surface area contributed by atoms with Gasteiger partial charge in [-0.05, 0) is 42.5 Å². The number of benzene rings is 3. The first-order valence-electron chi connectivity index (χ1n) is 8.58. The van der Waals surface area contributed by atoms with E-state index in [9.17, 15) is 9.59 Å². The average Bonchev–Trinajstić information content (AvgIpc) is 3.11. The van der Waals surface area contributed by atoms with Gasteiger partial charge in [0.05, 0.1) is 11.0 Å². The van der Waals surface area contributed by atoms with Crippen LogP contribution in [0.5, 0.6) is 0 Å². The number of amides is 1. The molecule has 4 aromatic rings. The monoisotopic (exact) mass is 355 g/mol. The van der Waals surface area contributed by atoms with Crippen LogP contribution in [0.15, 0.2) is 72.8 Å². The molecule has 0 atom stereocenters. The number of carbonyl (C=O) groups is 2. The zero-order chi connectivity index (χ0) is 18.8. The van der Waals surface area contributed by atoms with Crippen molar-refractivity contribution in [2.45, 2.75) is 6.92 Å². The molecule has 0 bridgehead atoms. The number of anilines is 1. The van der Waals surface area contributed by atoms with Crippen LogP contribution >= 0.6 is 0 Å². The van der Waals surface area contributed by atoms with Crippen LogP contribution in [0.4, 0.5) is 5.69 Å². The third-order valence-electron chi connectivity index (χ3n) is 4.26. The van der Waals surface area contributed by atoms with Gasteiger partial charge in [0, 0.05) is 29.3 Å². The van der Waals surface area contributed by atoms with E-state index in [0.717, 1.165) is 22.3 Å². The molecule has 27 heavy (non-hydrogen) atoms. The number of H-pyrrole nitrogens is 1. The molecule has 0 fully saturated rings. The van der Waals surface area contributed by atoms with Gasteiger partial charge in [0.15, 0.2) is 5.78 Å². The number of fused-ring (bicyclic) bond motifs is 1. The van der Waals surface area contributed by atoms with E-state index in [1.54, 1.807) is 6.07 Å². The maximum absolute atomic E-state index is 12.6. The Morgan fingerprint density at radius 2 is 1.63 bits per heavy atom. The molecule has 0 saturated carbocycles. The number of ketones is 1. The summed E-state index contributed by atoms with van der Waals surface area (Å²) in [6.45, 7) is 1.47. The van der Waals surface area contributed by atoms with Gasteiger partial charge < -0.3 is 10.3 Å². The summed E-state index contributed by atoms with van der Waals surface area (Å²) in [7, 11) is 0. The number of nitrogens with zero attached hydrogens (tertiary/aromatic N) is 1. The second kappa shape index (κ2) is 6.88. The standard InChI is InChI=1S/C22H17N3O2/c1-14(26)23-18-10-7-16(8-11-18)22-24-19-12-9-17(13-20(19)25-22)21(27)15-5-3-2-4-6-15/h2-13H,1H3,(H,23,26)(H,24,25). The third-order valence-corrected chi connectivity index (χ3v) is 4.26. The highest BCUT2D eigenvalue weighted by Crippen LogP contribution is 2.23. The lowest BCUT2D eigenvalue weighted by molar-refractivity contribution is -0.114. The summed E-state index contributed by atoms with van der Waals surface area (Å²) in [5.74, 6) is 0.582. The Labute approximate surface area is 156 Å². The number of imidazole rings is 1. The second-order valence-corrected chi connectivity index (χ2v) is 6.27. The lowest BCUT2D eigenvalue weighted by atomic mass is 10.0. The van der Waals surface area contributed by atoms with Crippen molar-refractivity contribution in [2.24, 2.45) is 0 Å². The Morgan fingerprint density at radius 1 is 0.889 bits per heavy atom. The lowest BCUT2D eigenvalue weighted by Gasteiger charge is -2.02. The zero-order valence-electron chi connectivity index (χ0n) is 14.7. The number of hydrogen-bond acceptors (Lipinski definition) is 3. The van der Waals surface area contributed by atoms with Gasteiger partial charge in [0.2, 0.25) is 5.91 Å². The van der Waals surface area contributed by atoms with E-state index in [4.69, 9.17) is 0 Å². The first kappa shape index (κ1) is 16.7. The Hall–Kier alpha value is -3.73. The fraction of sp³-hybridized carbons (Fsp3) is 0.0455. The Morgan fingerprint density at radius 3 is 2.33 bits per heavy atom. The average molecular weight is 355 g/mol. The number of hydrogen-bond donors (Lipinski definition) is 2. The quantitative estimate of drug-likeness (QED) is 0.532. The molecule has 0 aliphatic heterocycles. The molecule has 1 heterocycles. The van der Waals surface area contributed by atoms with E-state index in [1.807, 2.05) is 66.7 Å². The molecule has 0 aliphatic rings. The Kier molecular flexibility index (Phi) is 4.26. The van der Waals surface area contributed by atoms with E-state index in [1.165, 1.54) is 6.92 Å². The van der Waals surface area contributed by atoms with Crippen molar-refractivity contribution in [3.05, 3.63) is 83.9 Å². The molecule has 0 spiro atoms. The van der Waals surface area contributed by atoms with Crippen molar-refractivity contribution in [3.8, 4) is 11.4 Å². The number of aromatic nitrogens is 2. The molecule has 1 aromatic heterocycles. The molecule has 1 amide bonds. The van der Waals surface area contributed by atoms with E-state index < -0.39 is 0 Å². The summed E-state index contributed by atoms with van der Waals surface area (Å²) < 4.78 is 0. The van der Waals surface area contributed by atoms with E-state index in [2.05, 4.69) is 15.3 Å². The van der Waals surface area contributed by atoms with Crippen LogP contribution in [0.3, 0.4) is 0 Å². The molecule has 0 unspecified atom stereocenters. The molecule has 3 aromatic carbocycles. The fourth-order valence-corrected chi connectivity index (χ4v) is 2.96. The summed E-state index contributed by atoms with van der Waals surface area (Å²) in [6.07, 6.45) is 0. The molecule has 0 saturated heterocycles. The van der Waals surface area contributed by atoms with Gasteiger partial charge in [-0.25, -0.2) is 4.98 Å². The summed E-state index contributed by atoms with van der Waals surface area (Å²) >= 11 is 0. The maximum atomic E-state index is 12.6. The molecule has 132 valence electrons. The van der Waals surface area contributed by atoms with Crippen molar-refractivity contribution < 1.29 is 9.59 Å². The minimum Gasteiger partial charge on any atom is -0.338 e.